The number of methoxy groups -OCH3 is 1. The molecule has 1 heterocycles. The molecule has 0 aromatic heterocycles. The molecule has 0 aromatic carbocycles. The molecule has 1 aliphatic rings. The van der Waals surface area contributed by atoms with Crippen molar-refractivity contribution in [3.05, 3.63) is 0 Å². The molecule has 2 atom stereocenters. The quantitative estimate of drug-likeness (QED) is 0.524. The Hall–Kier alpha value is -1.59. The number of carbonyl (C=O) groups excluding carboxylic acids is 3. The minimum absolute atomic E-state index is 0.444. The van der Waals surface area contributed by atoms with Crippen LogP contribution >= 0.6 is 0 Å². The van der Waals surface area contributed by atoms with Crippen LogP contribution in [0, 0.1) is 0 Å². The topological polar surface area (TPSA) is 72.9 Å². The molecule has 1 amide bonds. The van der Waals surface area contributed by atoms with Crippen molar-refractivity contribution < 1.29 is 23.9 Å². The van der Waals surface area contributed by atoms with Crippen molar-refractivity contribution in [2.24, 2.45) is 0 Å². The van der Waals surface area contributed by atoms with Crippen LogP contribution in [0.5, 0.6) is 0 Å². The first-order chi connectivity index (χ1) is 7.52. The average molecular weight is 229 g/mol. The molecule has 2 unspecified atom stereocenters. The van der Waals surface area contributed by atoms with E-state index in [-0.39, 0.29) is 0 Å². The van der Waals surface area contributed by atoms with E-state index in [1.54, 1.807) is 0 Å². The summed E-state index contributed by atoms with van der Waals surface area (Å²) in [7, 11) is 1.25. The molecule has 0 radical (unpaired) electrons. The summed E-state index contributed by atoms with van der Waals surface area (Å²) in [5, 5.41) is 0. The monoisotopic (exact) mass is 229 g/mol. The van der Waals surface area contributed by atoms with Gasteiger partial charge < -0.3 is 9.47 Å². The highest BCUT2D eigenvalue weighted by Gasteiger charge is 2.44. The van der Waals surface area contributed by atoms with Gasteiger partial charge in [0.15, 0.2) is 0 Å². The summed E-state index contributed by atoms with van der Waals surface area (Å²) in [6.07, 6.45) is 0.366. The van der Waals surface area contributed by atoms with Crippen molar-refractivity contribution in [1.82, 2.24) is 4.90 Å². The van der Waals surface area contributed by atoms with Crippen LogP contribution < -0.4 is 0 Å². The average Bonchev–Trinajstić information content (AvgIpc) is 2.50. The SMILES string of the molecule is CCCC(C(=O)OC)N1C(=O)OC(=O)C1C. The number of amides is 1. The van der Waals surface area contributed by atoms with Gasteiger partial charge in [0.05, 0.1) is 7.11 Å². The standard InChI is InChI=1S/C10H15NO5/c1-4-5-7(9(13)15-3)11-6(2)8(12)16-10(11)14/h6-7H,4-5H2,1-3H3. The van der Waals surface area contributed by atoms with Gasteiger partial charge in [0.1, 0.15) is 12.1 Å². The van der Waals surface area contributed by atoms with Gasteiger partial charge in [-0.25, -0.2) is 14.4 Å². The van der Waals surface area contributed by atoms with Crippen LogP contribution in [-0.2, 0) is 19.1 Å². The fourth-order valence-electron chi connectivity index (χ4n) is 1.67. The predicted molar refractivity (Wildman–Crippen MR) is 53.5 cm³/mol. The summed E-state index contributed by atoms with van der Waals surface area (Å²) in [5.74, 6) is -1.16. The molecular weight excluding hydrogens is 214 g/mol. The summed E-state index contributed by atoms with van der Waals surface area (Å²) in [4.78, 5) is 35.2. The Balaban J connectivity index is 2.89. The summed E-state index contributed by atoms with van der Waals surface area (Å²) < 4.78 is 9.06. The minimum Gasteiger partial charge on any atom is -0.467 e. The fourth-order valence-corrected chi connectivity index (χ4v) is 1.67. The highest BCUT2D eigenvalue weighted by molar-refractivity contribution is 5.97. The van der Waals surface area contributed by atoms with Gasteiger partial charge in [-0.3, -0.25) is 4.90 Å². The molecule has 0 N–H and O–H groups in total. The molecule has 16 heavy (non-hydrogen) atoms. The van der Waals surface area contributed by atoms with Crippen LogP contribution in [0.15, 0.2) is 0 Å². The molecule has 6 heteroatoms. The van der Waals surface area contributed by atoms with Gasteiger partial charge in [0.2, 0.25) is 0 Å². The Morgan fingerprint density at radius 2 is 2.19 bits per heavy atom. The van der Waals surface area contributed by atoms with E-state index in [1.807, 2.05) is 6.92 Å². The first kappa shape index (κ1) is 12.5. The van der Waals surface area contributed by atoms with Gasteiger partial charge in [0.25, 0.3) is 0 Å². The van der Waals surface area contributed by atoms with Crippen LogP contribution in [0.3, 0.4) is 0 Å². The first-order valence-corrected chi connectivity index (χ1v) is 5.14. The fraction of sp³-hybridized carbons (Fsp3) is 0.700. The third-order valence-electron chi connectivity index (χ3n) is 2.53. The molecule has 1 saturated heterocycles. The van der Waals surface area contributed by atoms with Crippen molar-refractivity contribution in [3.63, 3.8) is 0 Å². The summed E-state index contributed by atoms with van der Waals surface area (Å²) in [6.45, 7) is 3.41. The molecule has 0 spiro atoms. The van der Waals surface area contributed by atoms with E-state index in [4.69, 9.17) is 0 Å². The van der Waals surface area contributed by atoms with E-state index in [0.29, 0.717) is 12.8 Å². The maximum atomic E-state index is 11.5. The molecule has 1 fully saturated rings. The third kappa shape index (κ3) is 2.15. The zero-order chi connectivity index (χ0) is 12.3. The Labute approximate surface area is 93.5 Å². The predicted octanol–water partition coefficient (Wildman–Crippen LogP) is 0.695. The van der Waals surface area contributed by atoms with Crippen molar-refractivity contribution in [2.75, 3.05) is 7.11 Å². The first-order valence-electron chi connectivity index (χ1n) is 5.14. The van der Waals surface area contributed by atoms with Crippen LogP contribution in [0.4, 0.5) is 4.79 Å². The summed E-state index contributed by atoms with van der Waals surface area (Å²) >= 11 is 0. The number of hydrogen-bond acceptors (Lipinski definition) is 5. The molecular formula is C10H15NO5. The van der Waals surface area contributed by atoms with Gasteiger partial charge in [-0.05, 0) is 13.3 Å². The van der Waals surface area contributed by atoms with Crippen LogP contribution in [0.2, 0.25) is 0 Å². The summed E-state index contributed by atoms with van der Waals surface area (Å²) in [5.41, 5.74) is 0. The lowest BCUT2D eigenvalue weighted by Crippen LogP contribution is -2.46. The van der Waals surface area contributed by atoms with E-state index >= 15 is 0 Å². The van der Waals surface area contributed by atoms with E-state index in [2.05, 4.69) is 9.47 Å². The van der Waals surface area contributed by atoms with Gasteiger partial charge in [-0.15, -0.1) is 0 Å². The summed E-state index contributed by atoms with van der Waals surface area (Å²) in [6, 6.07) is -1.48. The second-order valence-corrected chi connectivity index (χ2v) is 3.60. The lowest BCUT2D eigenvalue weighted by atomic mass is 10.1. The van der Waals surface area contributed by atoms with E-state index in [1.165, 1.54) is 14.0 Å². The number of nitrogens with zero attached hydrogens (tertiary/aromatic N) is 1. The molecule has 0 aromatic rings. The smallest absolute Gasteiger partial charge is 0.419 e. The number of hydrogen-bond donors (Lipinski definition) is 0. The second kappa shape index (κ2) is 4.96. The van der Waals surface area contributed by atoms with E-state index < -0.39 is 30.1 Å². The Bertz CT molecular complexity index is 314. The molecule has 6 nitrogen and oxygen atoms in total. The molecule has 0 saturated carbocycles. The van der Waals surface area contributed by atoms with Crippen LogP contribution in [0.1, 0.15) is 26.7 Å². The van der Waals surface area contributed by atoms with Gasteiger partial charge in [-0.2, -0.15) is 0 Å². The number of esters is 2. The number of cyclic esters (lactones) is 2. The lowest BCUT2D eigenvalue weighted by Gasteiger charge is -2.25. The van der Waals surface area contributed by atoms with E-state index in [0.717, 1.165) is 4.90 Å². The number of ether oxygens (including phenoxy) is 2. The molecule has 90 valence electrons. The van der Waals surface area contributed by atoms with Crippen LogP contribution in [-0.4, -0.2) is 42.1 Å². The van der Waals surface area contributed by atoms with Gasteiger partial charge >= 0.3 is 18.0 Å². The van der Waals surface area contributed by atoms with Crippen molar-refractivity contribution >= 4 is 18.0 Å². The molecule has 1 aliphatic heterocycles. The second-order valence-electron chi connectivity index (χ2n) is 3.60. The molecule has 0 bridgehead atoms. The highest BCUT2D eigenvalue weighted by atomic mass is 16.6. The minimum atomic E-state index is -0.777. The number of rotatable bonds is 4. The Kier molecular flexibility index (Phi) is 3.87. The molecule has 0 aliphatic carbocycles. The largest absolute Gasteiger partial charge is 0.467 e. The lowest BCUT2D eigenvalue weighted by molar-refractivity contribution is -0.146. The maximum absolute atomic E-state index is 11.5. The van der Waals surface area contributed by atoms with Crippen LogP contribution in [0.25, 0.3) is 0 Å². The normalized spacial score (nSPS) is 21.9. The highest BCUT2D eigenvalue weighted by Crippen LogP contribution is 2.20. The van der Waals surface area contributed by atoms with Gasteiger partial charge in [0, 0.05) is 0 Å². The zero-order valence-electron chi connectivity index (χ0n) is 9.56. The van der Waals surface area contributed by atoms with Crippen molar-refractivity contribution in [3.8, 4) is 0 Å². The van der Waals surface area contributed by atoms with Crippen molar-refractivity contribution in [2.45, 2.75) is 38.8 Å². The maximum Gasteiger partial charge on any atom is 0.419 e. The Morgan fingerprint density at radius 1 is 1.56 bits per heavy atom. The van der Waals surface area contributed by atoms with Gasteiger partial charge in [-0.1, -0.05) is 13.3 Å². The zero-order valence-corrected chi connectivity index (χ0v) is 9.56. The molecule has 1 rings (SSSR count). The third-order valence-corrected chi connectivity index (χ3v) is 2.53. The van der Waals surface area contributed by atoms with E-state index in [9.17, 15) is 14.4 Å². The Morgan fingerprint density at radius 3 is 2.56 bits per heavy atom. The number of carbonyl (C=O) groups is 3. The van der Waals surface area contributed by atoms with Crippen molar-refractivity contribution in [1.29, 1.82) is 0 Å².